The van der Waals surface area contributed by atoms with E-state index in [9.17, 15) is 4.79 Å². The molecule has 0 radical (unpaired) electrons. The molecule has 0 bridgehead atoms. The average molecular weight is 387 g/mol. The van der Waals surface area contributed by atoms with E-state index in [1.165, 1.54) is 5.56 Å². The topological polar surface area (TPSA) is 51.9 Å². The van der Waals surface area contributed by atoms with Crippen molar-refractivity contribution in [2.45, 2.75) is 51.6 Å². The summed E-state index contributed by atoms with van der Waals surface area (Å²) in [6.07, 6.45) is 4.19. The Balaban J connectivity index is 0.00000156. The van der Waals surface area contributed by atoms with E-state index in [4.69, 9.17) is 0 Å². The van der Waals surface area contributed by atoms with E-state index in [1.807, 2.05) is 17.6 Å². The second-order valence-electron chi connectivity index (χ2n) is 6.24. The van der Waals surface area contributed by atoms with Crippen molar-refractivity contribution in [3.05, 3.63) is 52.2 Å². The predicted octanol–water partition coefficient (Wildman–Crippen LogP) is 3.01. The molecule has 2 aromatic rings. The number of halogens is 2. The fraction of sp³-hybridized carbons (Fsp3) is 0.556. The van der Waals surface area contributed by atoms with Gasteiger partial charge in [-0.25, -0.2) is 9.48 Å². The SMILES string of the molecule is CCn1c(C2CCCNC2)nn(CCCc2ccccc2)c1=O.Cl.Cl. The second-order valence-corrected chi connectivity index (χ2v) is 6.24. The van der Waals surface area contributed by atoms with Gasteiger partial charge < -0.3 is 5.32 Å². The van der Waals surface area contributed by atoms with Gasteiger partial charge >= 0.3 is 5.69 Å². The monoisotopic (exact) mass is 386 g/mol. The zero-order valence-corrected chi connectivity index (χ0v) is 16.3. The lowest BCUT2D eigenvalue weighted by Gasteiger charge is -2.21. The molecule has 0 aliphatic carbocycles. The highest BCUT2D eigenvalue weighted by molar-refractivity contribution is 5.85. The number of aryl methyl sites for hydroxylation is 2. The summed E-state index contributed by atoms with van der Waals surface area (Å²) in [6, 6.07) is 10.4. The van der Waals surface area contributed by atoms with E-state index < -0.39 is 0 Å². The first-order valence-electron chi connectivity index (χ1n) is 8.71. The molecule has 140 valence electrons. The highest BCUT2D eigenvalue weighted by Crippen LogP contribution is 2.20. The molecule has 2 heterocycles. The van der Waals surface area contributed by atoms with Crippen LogP contribution in [0.4, 0.5) is 0 Å². The molecule has 3 rings (SSSR count). The van der Waals surface area contributed by atoms with Gasteiger partial charge in [-0.1, -0.05) is 30.3 Å². The number of hydrogen-bond acceptors (Lipinski definition) is 3. The summed E-state index contributed by atoms with van der Waals surface area (Å²) in [7, 11) is 0. The first kappa shape index (κ1) is 21.7. The third-order valence-electron chi connectivity index (χ3n) is 4.61. The first-order valence-corrected chi connectivity index (χ1v) is 8.71. The van der Waals surface area contributed by atoms with Gasteiger partial charge in [-0.2, -0.15) is 5.10 Å². The third-order valence-corrected chi connectivity index (χ3v) is 4.61. The van der Waals surface area contributed by atoms with Crippen molar-refractivity contribution in [2.75, 3.05) is 13.1 Å². The summed E-state index contributed by atoms with van der Waals surface area (Å²) in [5, 5.41) is 8.08. The number of nitrogens with zero attached hydrogens (tertiary/aromatic N) is 3. The van der Waals surface area contributed by atoms with Crippen molar-refractivity contribution in [1.29, 1.82) is 0 Å². The van der Waals surface area contributed by atoms with Gasteiger partial charge in [-0.05, 0) is 44.7 Å². The Morgan fingerprint density at radius 2 is 2.00 bits per heavy atom. The second kappa shape index (κ2) is 10.6. The van der Waals surface area contributed by atoms with Crippen LogP contribution in [0.2, 0.25) is 0 Å². The van der Waals surface area contributed by atoms with E-state index >= 15 is 0 Å². The Labute approximate surface area is 161 Å². The van der Waals surface area contributed by atoms with E-state index in [2.05, 4.69) is 34.7 Å². The van der Waals surface area contributed by atoms with Crippen molar-refractivity contribution in [3.63, 3.8) is 0 Å². The van der Waals surface area contributed by atoms with Crippen LogP contribution in [0.1, 0.15) is 43.5 Å². The molecule has 0 saturated carbocycles. The molecule has 1 aromatic heterocycles. The van der Waals surface area contributed by atoms with Gasteiger partial charge in [0.1, 0.15) is 5.82 Å². The third kappa shape index (κ3) is 5.33. The molecule has 1 aliphatic rings. The van der Waals surface area contributed by atoms with Crippen LogP contribution < -0.4 is 11.0 Å². The van der Waals surface area contributed by atoms with Gasteiger partial charge in [0.05, 0.1) is 0 Å². The molecule has 1 unspecified atom stereocenters. The van der Waals surface area contributed by atoms with Crippen LogP contribution in [0.15, 0.2) is 35.1 Å². The molecule has 5 nitrogen and oxygen atoms in total. The van der Waals surface area contributed by atoms with Gasteiger partial charge in [0.25, 0.3) is 0 Å². The van der Waals surface area contributed by atoms with Crippen LogP contribution in [0.3, 0.4) is 0 Å². The highest BCUT2D eigenvalue weighted by atomic mass is 35.5. The first-order chi connectivity index (χ1) is 11.3. The molecule has 0 spiro atoms. The summed E-state index contributed by atoms with van der Waals surface area (Å²) in [5.41, 5.74) is 1.35. The predicted molar refractivity (Wildman–Crippen MR) is 106 cm³/mol. The van der Waals surface area contributed by atoms with Gasteiger partial charge in [-0.3, -0.25) is 4.57 Å². The highest BCUT2D eigenvalue weighted by Gasteiger charge is 2.23. The Kier molecular flexibility index (Phi) is 9.25. The van der Waals surface area contributed by atoms with E-state index in [-0.39, 0.29) is 30.5 Å². The number of rotatable bonds is 6. The van der Waals surface area contributed by atoms with Crippen molar-refractivity contribution in [3.8, 4) is 0 Å². The van der Waals surface area contributed by atoms with Gasteiger partial charge in [0.2, 0.25) is 0 Å². The number of benzene rings is 1. The standard InChI is InChI=1S/C18H26N4O.2ClH/c1-2-21-17(16-11-6-12-19-14-16)20-22(18(21)23)13-7-10-15-8-4-3-5-9-15;;/h3-5,8-9,16,19H,2,6-7,10-14H2,1H3;2*1H. The molecule has 25 heavy (non-hydrogen) atoms. The Morgan fingerprint density at radius 1 is 1.24 bits per heavy atom. The van der Waals surface area contributed by atoms with Crippen molar-refractivity contribution >= 4 is 24.8 Å². The number of nitrogens with one attached hydrogen (secondary N) is 1. The van der Waals surface area contributed by atoms with Gasteiger partial charge in [-0.15, -0.1) is 24.8 Å². The minimum absolute atomic E-state index is 0. The minimum Gasteiger partial charge on any atom is -0.316 e. The largest absolute Gasteiger partial charge is 0.345 e. The molecule has 1 N–H and O–H groups in total. The lowest BCUT2D eigenvalue weighted by atomic mass is 9.99. The molecule has 1 aliphatic heterocycles. The Hall–Kier alpha value is -1.30. The van der Waals surface area contributed by atoms with Gasteiger partial charge in [0, 0.05) is 25.6 Å². The van der Waals surface area contributed by atoms with Crippen molar-refractivity contribution in [1.82, 2.24) is 19.7 Å². The van der Waals surface area contributed by atoms with Crippen LogP contribution in [-0.2, 0) is 19.5 Å². The van der Waals surface area contributed by atoms with E-state index in [0.717, 1.165) is 44.6 Å². The van der Waals surface area contributed by atoms with Crippen molar-refractivity contribution in [2.24, 2.45) is 0 Å². The van der Waals surface area contributed by atoms with Crippen molar-refractivity contribution < 1.29 is 0 Å². The van der Waals surface area contributed by atoms with Gasteiger partial charge in [0.15, 0.2) is 0 Å². The lowest BCUT2D eigenvalue weighted by Crippen LogP contribution is -2.31. The summed E-state index contributed by atoms with van der Waals surface area (Å²) < 4.78 is 3.51. The molecule has 1 atom stereocenters. The number of aromatic nitrogens is 3. The number of piperidine rings is 1. The van der Waals surface area contributed by atoms with Crippen LogP contribution in [0.25, 0.3) is 0 Å². The number of hydrogen-bond donors (Lipinski definition) is 1. The van der Waals surface area contributed by atoms with Crippen LogP contribution >= 0.6 is 24.8 Å². The minimum atomic E-state index is 0. The maximum absolute atomic E-state index is 12.5. The molecule has 0 amide bonds. The molecular formula is C18H28Cl2N4O. The van der Waals surface area contributed by atoms with Crippen LogP contribution in [-0.4, -0.2) is 27.4 Å². The molecule has 1 aromatic carbocycles. The summed E-state index contributed by atoms with van der Waals surface area (Å²) in [4.78, 5) is 12.5. The van der Waals surface area contributed by atoms with Crippen LogP contribution in [0, 0.1) is 0 Å². The molecule has 1 saturated heterocycles. The quantitative estimate of drug-likeness (QED) is 0.829. The van der Waals surface area contributed by atoms with E-state index in [1.54, 1.807) is 4.68 Å². The van der Waals surface area contributed by atoms with E-state index in [0.29, 0.717) is 19.0 Å². The summed E-state index contributed by atoms with van der Waals surface area (Å²) >= 11 is 0. The lowest BCUT2D eigenvalue weighted by molar-refractivity contribution is 0.430. The maximum atomic E-state index is 12.5. The zero-order valence-electron chi connectivity index (χ0n) is 14.7. The Bertz CT molecular complexity index is 678. The fourth-order valence-electron chi connectivity index (χ4n) is 3.35. The normalized spacial score (nSPS) is 16.8. The molecular weight excluding hydrogens is 359 g/mol. The molecule has 1 fully saturated rings. The summed E-state index contributed by atoms with van der Waals surface area (Å²) in [6.45, 7) is 5.42. The van der Waals surface area contributed by atoms with Crippen LogP contribution in [0.5, 0.6) is 0 Å². The smallest absolute Gasteiger partial charge is 0.316 e. The zero-order chi connectivity index (χ0) is 16.1. The molecule has 7 heteroatoms. The fourth-order valence-corrected chi connectivity index (χ4v) is 3.35. The Morgan fingerprint density at radius 3 is 2.64 bits per heavy atom. The maximum Gasteiger partial charge on any atom is 0.345 e. The average Bonchev–Trinajstić information content (AvgIpc) is 2.93. The summed E-state index contributed by atoms with van der Waals surface area (Å²) in [5.74, 6) is 1.33.